The average molecular weight is 523 g/mol. The Balaban J connectivity index is 0.00000109. The van der Waals surface area contributed by atoms with E-state index < -0.39 is 0 Å². The first-order valence-corrected chi connectivity index (χ1v) is 13.1. The first-order valence-electron chi connectivity index (χ1n) is 12.2. The summed E-state index contributed by atoms with van der Waals surface area (Å²) in [5.41, 5.74) is 10.4. The van der Waals surface area contributed by atoms with E-state index in [-0.39, 0.29) is 12.5 Å². The van der Waals surface area contributed by atoms with Crippen LogP contribution < -0.4 is 16.4 Å². The van der Waals surface area contributed by atoms with Crippen LogP contribution in [-0.2, 0) is 9.59 Å². The Bertz CT molecular complexity index is 1040. The summed E-state index contributed by atoms with van der Waals surface area (Å²) >= 11 is 1.58. The number of amides is 1. The zero-order chi connectivity index (χ0) is 28.1. The Kier molecular flexibility index (Phi) is 18.8. The number of rotatable bonds is 15. The molecule has 0 heterocycles. The third-order valence-electron chi connectivity index (χ3n) is 4.89. The van der Waals surface area contributed by atoms with Crippen molar-refractivity contribution in [1.82, 2.24) is 5.32 Å². The molecule has 1 aromatic rings. The molecular formula is C30H42N4O2S. The Morgan fingerprint density at radius 1 is 1.27 bits per heavy atom. The number of allylic oxidation sites excluding steroid dienone is 6. The molecule has 0 aliphatic heterocycles. The van der Waals surface area contributed by atoms with Crippen molar-refractivity contribution in [2.75, 3.05) is 18.9 Å². The summed E-state index contributed by atoms with van der Waals surface area (Å²) in [6.45, 7) is 13.7. The van der Waals surface area contributed by atoms with Crippen LogP contribution in [0.3, 0.4) is 0 Å². The molecule has 1 amide bonds. The number of benzene rings is 1. The van der Waals surface area contributed by atoms with Crippen molar-refractivity contribution in [2.24, 2.45) is 5.73 Å². The second-order valence-corrected chi connectivity index (χ2v) is 9.01. The maximum absolute atomic E-state index is 11.7. The predicted octanol–water partition coefficient (Wildman–Crippen LogP) is 6.77. The van der Waals surface area contributed by atoms with Gasteiger partial charge in [0.05, 0.1) is 5.71 Å². The van der Waals surface area contributed by atoms with E-state index in [4.69, 9.17) is 11.1 Å². The number of nitrogens with two attached hydrogens (primary N) is 1. The molecule has 0 saturated heterocycles. The maximum Gasteiger partial charge on any atom is 0.224 e. The summed E-state index contributed by atoms with van der Waals surface area (Å²) in [5.74, 6) is 0.00342. The standard InChI is InChI=1S/C22H30N4O.C8H12OS/c1-5-8-22(27)26-19-10-7-9-17(13-19)11-12-20(24)18(15-23)14-21(25-4)16(3)6-2;1-3-7-10-8(2)5-4-6-9/h6-7,9-14,24-25H,2,5,8,15,23H2,1,3-4H3,(H,26,27);3,6-7H,2,4-5H2,1H3/b12-11+,18-14+,21-16+,24-20?;7-3-. The van der Waals surface area contributed by atoms with Crippen molar-refractivity contribution >= 4 is 41.4 Å². The number of carbonyl (C=O) groups is 2. The molecule has 0 spiro atoms. The lowest BCUT2D eigenvalue weighted by molar-refractivity contribution is -0.116. The van der Waals surface area contributed by atoms with Crippen molar-refractivity contribution in [3.05, 3.63) is 94.4 Å². The van der Waals surface area contributed by atoms with Gasteiger partial charge in [-0.2, -0.15) is 0 Å². The molecule has 1 rings (SSSR count). The highest BCUT2D eigenvalue weighted by Crippen LogP contribution is 2.18. The number of likely N-dealkylation sites (N-methyl/N-ethyl adjacent to an activating group) is 1. The van der Waals surface area contributed by atoms with Crippen LogP contribution in [0.4, 0.5) is 5.69 Å². The van der Waals surface area contributed by atoms with Gasteiger partial charge in [0.25, 0.3) is 0 Å². The minimum Gasteiger partial charge on any atom is -0.388 e. The van der Waals surface area contributed by atoms with Gasteiger partial charge >= 0.3 is 0 Å². The Hall–Kier alpha value is -3.42. The van der Waals surface area contributed by atoms with Crippen LogP contribution in [0.2, 0.25) is 0 Å². The molecule has 0 saturated carbocycles. The van der Waals surface area contributed by atoms with Crippen molar-refractivity contribution < 1.29 is 9.59 Å². The average Bonchev–Trinajstić information content (AvgIpc) is 2.90. The molecule has 0 aromatic heterocycles. The summed E-state index contributed by atoms with van der Waals surface area (Å²) in [6.07, 6.45) is 12.7. The van der Waals surface area contributed by atoms with Gasteiger partial charge in [-0.1, -0.05) is 50.4 Å². The van der Waals surface area contributed by atoms with E-state index in [2.05, 4.69) is 23.8 Å². The quantitative estimate of drug-likeness (QED) is 0.115. The van der Waals surface area contributed by atoms with Gasteiger partial charge in [0.1, 0.15) is 6.29 Å². The van der Waals surface area contributed by atoms with Crippen LogP contribution >= 0.6 is 11.8 Å². The fraction of sp³-hybridized carbons (Fsp3) is 0.300. The monoisotopic (exact) mass is 522 g/mol. The molecule has 0 aliphatic rings. The summed E-state index contributed by atoms with van der Waals surface area (Å²) in [5, 5.41) is 16.2. The lowest BCUT2D eigenvalue weighted by atomic mass is 10.1. The molecule has 0 fully saturated rings. The summed E-state index contributed by atoms with van der Waals surface area (Å²) in [6, 6.07) is 7.53. The van der Waals surface area contributed by atoms with E-state index in [1.165, 1.54) is 0 Å². The number of nitrogens with one attached hydrogen (secondary N) is 3. The highest BCUT2D eigenvalue weighted by Gasteiger charge is 2.04. The molecule has 7 heteroatoms. The molecule has 6 nitrogen and oxygen atoms in total. The van der Waals surface area contributed by atoms with E-state index in [0.29, 0.717) is 24.1 Å². The molecule has 0 bridgehead atoms. The molecule has 0 aliphatic carbocycles. The van der Waals surface area contributed by atoms with Crippen LogP contribution in [-0.4, -0.2) is 31.5 Å². The molecule has 200 valence electrons. The molecule has 0 atom stereocenters. The number of thioether (sulfide) groups is 1. The van der Waals surface area contributed by atoms with E-state index in [0.717, 1.165) is 46.6 Å². The van der Waals surface area contributed by atoms with Gasteiger partial charge < -0.3 is 26.6 Å². The second kappa shape index (κ2) is 20.7. The van der Waals surface area contributed by atoms with Crippen molar-refractivity contribution in [2.45, 2.75) is 46.5 Å². The van der Waals surface area contributed by atoms with Gasteiger partial charge in [-0.15, -0.1) is 11.8 Å². The minimum atomic E-state index is 0.00342. The van der Waals surface area contributed by atoms with E-state index in [9.17, 15) is 9.59 Å². The third-order valence-corrected chi connectivity index (χ3v) is 5.83. The van der Waals surface area contributed by atoms with Crippen LogP contribution in [0, 0.1) is 5.41 Å². The molecule has 37 heavy (non-hydrogen) atoms. The topological polar surface area (TPSA) is 108 Å². The Morgan fingerprint density at radius 3 is 2.57 bits per heavy atom. The molecule has 5 N–H and O–H groups in total. The van der Waals surface area contributed by atoms with Crippen molar-refractivity contribution in [3.63, 3.8) is 0 Å². The summed E-state index contributed by atoms with van der Waals surface area (Å²) in [7, 11) is 1.82. The van der Waals surface area contributed by atoms with Crippen molar-refractivity contribution in [3.8, 4) is 0 Å². The van der Waals surface area contributed by atoms with E-state index >= 15 is 0 Å². The SMILES string of the molecule is C=C(CCC=O)S/C=C\C.C=C/C(C)=C(\C=C(/CN)C(=N)/C=C/c1cccc(NC(=O)CCC)c1)NC. The van der Waals surface area contributed by atoms with Crippen LogP contribution in [0.15, 0.2) is 88.9 Å². The smallest absolute Gasteiger partial charge is 0.224 e. The van der Waals surface area contributed by atoms with Gasteiger partial charge in [0.2, 0.25) is 5.91 Å². The van der Waals surface area contributed by atoms with Crippen molar-refractivity contribution in [1.29, 1.82) is 5.41 Å². The molecule has 0 radical (unpaired) electrons. The fourth-order valence-corrected chi connectivity index (χ4v) is 3.38. The fourth-order valence-electron chi connectivity index (χ4n) is 2.81. The van der Waals surface area contributed by atoms with Gasteiger partial charge in [-0.05, 0) is 78.0 Å². The lowest BCUT2D eigenvalue weighted by Crippen LogP contribution is -2.14. The predicted molar refractivity (Wildman–Crippen MR) is 163 cm³/mol. The van der Waals surface area contributed by atoms with Crippen LogP contribution in [0.1, 0.15) is 52.0 Å². The summed E-state index contributed by atoms with van der Waals surface area (Å²) < 4.78 is 0. The molecular weight excluding hydrogens is 480 g/mol. The highest BCUT2D eigenvalue weighted by atomic mass is 32.2. The van der Waals surface area contributed by atoms with Gasteiger partial charge in [0.15, 0.2) is 0 Å². The highest BCUT2D eigenvalue weighted by molar-refractivity contribution is 8.05. The number of anilines is 1. The van der Waals surface area contributed by atoms with E-state index in [1.54, 1.807) is 23.9 Å². The number of aldehydes is 1. The van der Waals surface area contributed by atoms with Crippen LogP contribution in [0.5, 0.6) is 0 Å². The molecule has 1 aromatic carbocycles. The Labute approximate surface area is 227 Å². The largest absolute Gasteiger partial charge is 0.388 e. The number of carbonyl (C=O) groups excluding carboxylic acids is 2. The second-order valence-electron chi connectivity index (χ2n) is 7.93. The normalized spacial score (nSPS) is 11.9. The first kappa shape index (κ1) is 33.6. The number of hydrogen-bond acceptors (Lipinski definition) is 6. The van der Waals surface area contributed by atoms with Gasteiger partial charge in [-0.25, -0.2) is 0 Å². The number of hydrogen-bond donors (Lipinski definition) is 4. The lowest BCUT2D eigenvalue weighted by Gasteiger charge is -2.09. The van der Waals surface area contributed by atoms with Gasteiger partial charge in [0, 0.05) is 37.8 Å². The minimum absolute atomic E-state index is 0.00342. The van der Waals surface area contributed by atoms with E-state index in [1.807, 2.05) is 75.7 Å². The Morgan fingerprint density at radius 2 is 2.00 bits per heavy atom. The first-order chi connectivity index (χ1) is 17.8. The third kappa shape index (κ3) is 15.3. The molecule has 0 unspecified atom stereocenters. The summed E-state index contributed by atoms with van der Waals surface area (Å²) in [4.78, 5) is 22.7. The maximum atomic E-state index is 11.7. The van der Waals surface area contributed by atoms with Gasteiger partial charge in [-0.3, -0.25) is 4.79 Å². The van der Waals surface area contributed by atoms with Crippen LogP contribution in [0.25, 0.3) is 6.08 Å². The zero-order valence-corrected chi connectivity index (χ0v) is 23.4. The zero-order valence-electron chi connectivity index (χ0n) is 22.6.